The minimum absolute atomic E-state index is 0.0565. The van der Waals surface area contributed by atoms with E-state index in [9.17, 15) is 19.8 Å². The van der Waals surface area contributed by atoms with Crippen LogP contribution in [-0.2, 0) is 22.7 Å². The first-order valence-electron chi connectivity index (χ1n) is 12.7. The predicted molar refractivity (Wildman–Crippen MR) is 149 cm³/mol. The number of pyridine rings is 1. The molecule has 40 heavy (non-hydrogen) atoms. The van der Waals surface area contributed by atoms with Crippen molar-refractivity contribution in [3.05, 3.63) is 125 Å². The standard InChI is InChI=1S/C32H28N2O6/c1-20-15-24(11-13-26(20)40-19-21-7-4-3-5-8-21)30(36)28-29(23-10-12-25(35)27(16-23)39-2)34(32(38)31(28)37)18-22-9-6-14-33-17-22/h3-17,29,35-36H,18-19H2,1-2H3/t29-/m0/s1. The fraction of sp³-hybridized carbons (Fsp3) is 0.156. The lowest BCUT2D eigenvalue weighted by atomic mass is 9.94. The molecule has 0 unspecified atom stereocenters. The Morgan fingerprint density at radius 2 is 1.73 bits per heavy atom. The van der Waals surface area contributed by atoms with E-state index in [0.717, 1.165) is 16.7 Å². The van der Waals surface area contributed by atoms with Crippen LogP contribution in [0, 0.1) is 6.92 Å². The van der Waals surface area contributed by atoms with Crippen molar-refractivity contribution in [2.75, 3.05) is 7.11 Å². The van der Waals surface area contributed by atoms with Gasteiger partial charge in [0.2, 0.25) is 0 Å². The molecular formula is C32H28N2O6. The van der Waals surface area contributed by atoms with Crippen molar-refractivity contribution >= 4 is 17.4 Å². The molecule has 1 aliphatic heterocycles. The normalized spacial score (nSPS) is 16.2. The van der Waals surface area contributed by atoms with Crippen molar-refractivity contribution in [2.45, 2.75) is 26.1 Å². The number of aryl methyl sites for hydroxylation is 1. The summed E-state index contributed by atoms with van der Waals surface area (Å²) in [5.41, 5.74) is 3.31. The molecule has 0 spiro atoms. The van der Waals surface area contributed by atoms with Crippen LogP contribution in [0.25, 0.3) is 5.76 Å². The zero-order valence-corrected chi connectivity index (χ0v) is 22.1. The molecule has 8 heteroatoms. The number of hydrogen-bond acceptors (Lipinski definition) is 7. The summed E-state index contributed by atoms with van der Waals surface area (Å²) in [6.07, 6.45) is 3.24. The van der Waals surface area contributed by atoms with E-state index in [2.05, 4.69) is 4.98 Å². The molecule has 202 valence electrons. The lowest BCUT2D eigenvalue weighted by molar-refractivity contribution is -0.140. The summed E-state index contributed by atoms with van der Waals surface area (Å²) >= 11 is 0. The van der Waals surface area contributed by atoms with Gasteiger partial charge in [-0.3, -0.25) is 14.6 Å². The number of hydrogen-bond donors (Lipinski definition) is 2. The van der Waals surface area contributed by atoms with E-state index < -0.39 is 17.7 Å². The monoisotopic (exact) mass is 536 g/mol. The van der Waals surface area contributed by atoms with Gasteiger partial charge in [-0.05, 0) is 65.6 Å². The van der Waals surface area contributed by atoms with Crippen LogP contribution in [0.5, 0.6) is 17.2 Å². The van der Waals surface area contributed by atoms with Crippen molar-refractivity contribution in [2.24, 2.45) is 0 Å². The lowest BCUT2D eigenvalue weighted by Gasteiger charge is -2.26. The smallest absolute Gasteiger partial charge is 0.295 e. The van der Waals surface area contributed by atoms with Crippen molar-refractivity contribution < 1.29 is 29.3 Å². The number of nitrogens with zero attached hydrogens (tertiary/aromatic N) is 2. The number of ketones is 1. The maximum atomic E-state index is 13.4. The topological polar surface area (TPSA) is 109 Å². The molecule has 1 fully saturated rings. The van der Waals surface area contributed by atoms with Gasteiger partial charge in [-0.2, -0.15) is 0 Å². The second kappa shape index (κ2) is 11.3. The lowest BCUT2D eigenvalue weighted by Crippen LogP contribution is -2.29. The van der Waals surface area contributed by atoms with Crippen molar-refractivity contribution in [1.82, 2.24) is 9.88 Å². The van der Waals surface area contributed by atoms with Gasteiger partial charge in [0.1, 0.15) is 18.1 Å². The summed E-state index contributed by atoms with van der Waals surface area (Å²) in [6, 6.07) is 22.1. The second-order valence-electron chi connectivity index (χ2n) is 9.47. The van der Waals surface area contributed by atoms with E-state index >= 15 is 0 Å². The molecule has 0 saturated carbocycles. The Balaban J connectivity index is 1.54. The summed E-state index contributed by atoms with van der Waals surface area (Å²) in [6.45, 7) is 2.32. The van der Waals surface area contributed by atoms with Crippen LogP contribution in [0.2, 0.25) is 0 Å². The summed E-state index contributed by atoms with van der Waals surface area (Å²) in [5.74, 6) is -1.13. The number of methoxy groups -OCH3 is 1. The molecule has 1 saturated heterocycles. The summed E-state index contributed by atoms with van der Waals surface area (Å²) < 4.78 is 11.2. The van der Waals surface area contributed by atoms with Crippen LogP contribution in [-0.4, -0.2) is 38.9 Å². The third-order valence-electron chi connectivity index (χ3n) is 6.82. The number of rotatable bonds is 8. The maximum Gasteiger partial charge on any atom is 0.295 e. The molecule has 4 aromatic rings. The van der Waals surface area contributed by atoms with Gasteiger partial charge in [0.05, 0.1) is 18.7 Å². The van der Waals surface area contributed by atoms with E-state index in [1.165, 1.54) is 18.1 Å². The number of amides is 1. The van der Waals surface area contributed by atoms with Crippen molar-refractivity contribution in [3.8, 4) is 17.2 Å². The highest BCUT2D eigenvalue weighted by Gasteiger charge is 2.46. The number of Topliss-reactive ketones (excluding diaryl/α,β-unsaturated/α-hetero) is 1. The highest BCUT2D eigenvalue weighted by Crippen LogP contribution is 2.42. The fourth-order valence-corrected chi connectivity index (χ4v) is 4.79. The Morgan fingerprint density at radius 3 is 2.42 bits per heavy atom. The predicted octanol–water partition coefficient (Wildman–Crippen LogP) is 5.31. The molecule has 0 aliphatic carbocycles. The zero-order chi connectivity index (χ0) is 28.2. The van der Waals surface area contributed by atoms with Gasteiger partial charge in [0.25, 0.3) is 11.7 Å². The molecule has 2 N–H and O–H groups in total. The third kappa shape index (κ3) is 5.24. The number of aliphatic hydroxyl groups excluding tert-OH is 1. The molecule has 1 aromatic heterocycles. The van der Waals surface area contributed by atoms with Gasteiger partial charge >= 0.3 is 0 Å². The number of aliphatic hydroxyl groups is 1. The molecule has 0 bridgehead atoms. The van der Waals surface area contributed by atoms with Crippen LogP contribution in [0.3, 0.4) is 0 Å². The Morgan fingerprint density at radius 1 is 0.950 bits per heavy atom. The van der Waals surface area contributed by atoms with E-state index in [1.807, 2.05) is 37.3 Å². The Kier molecular flexibility index (Phi) is 7.50. The molecule has 1 aliphatic rings. The van der Waals surface area contributed by atoms with Crippen LogP contribution in [0.4, 0.5) is 0 Å². The number of benzene rings is 3. The van der Waals surface area contributed by atoms with E-state index in [4.69, 9.17) is 9.47 Å². The number of aromatic nitrogens is 1. The number of carbonyl (C=O) groups excluding carboxylic acids is 2. The first-order valence-corrected chi connectivity index (χ1v) is 12.7. The average Bonchev–Trinajstić information content (AvgIpc) is 3.22. The highest BCUT2D eigenvalue weighted by atomic mass is 16.5. The Labute approximate surface area is 231 Å². The minimum atomic E-state index is -0.927. The minimum Gasteiger partial charge on any atom is -0.507 e. The maximum absolute atomic E-state index is 13.4. The number of phenolic OH excluding ortho intramolecular Hbond substituents is 1. The van der Waals surface area contributed by atoms with Gasteiger partial charge in [-0.25, -0.2) is 0 Å². The zero-order valence-electron chi connectivity index (χ0n) is 22.1. The van der Waals surface area contributed by atoms with Gasteiger partial charge < -0.3 is 24.6 Å². The van der Waals surface area contributed by atoms with Gasteiger partial charge in [-0.15, -0.1) is 0 Å². The van der Waals surface area contributed by atoms with Crippen molar-refractivity contribution in [3.63, 3.8) is 0 Å². The van der Waals surface area contributed by atoms with E-state index in [1.54, 1.807) is 54.9 Å². The Bertz CT molecular complexity index is 1580. The highest BCUT2D eigenvalue weighted by molar-refractivity contribution is 6.46. The number of likely N-dealkylation sites (tertiary alicyclic amines) is 1. The second-order valence-corrected chi connectivity index (χ2v) is 9.47. The van der Waals surface area contributed by atoms with Gasteiger partial charge in [-0.1, -0.05) is 42.5 Å². The molecule has 1 amide bonds. The fourth-order valence-electron chi connectivity index (χ4n) is 4.79. The molecule has 1 atom stereocenters. The van der Waals surface area contributed by atoms with E-state index in [0.29, 0.717) is 23.5 Å². The number of ether oxygens (including phenoxy) is 2. The van der Waals surface area contributed by atoms with Gasteiger partial charge in [0.15, 0.2) is 11.5 Å². The molecule has 5 rings (SSSR count). The SMILES string of the molecule is COc1cc([C@H]2C(=C(O)c3ccc(OCc4ccccc4)c(C)c3)C(=O)C(=O)N2Cc2cccnc2)ccc1O. The molecule has 3 aromatic carbocycles. The number of aromatic hydroxyl groups is 1. The number of carbonyl (C=O) groups is 2. The van der Waals surface area contributed by atoms with Crippen LogP contribution >= 0.6 is 0 Å². The van der Waals surface area contributed by atoms with Gasteiger partial charge in [0, 0.05) is 24.5 Å². The van der Waals surface area contributed by atoms with Crippen LogP contribution in [0.15, 0.2) is 96.8 Å². The average molecular weight is 537 g/mol. The van der Waals surface area contributed by atoms with Crippen molar-refractivity contribution in [1.29, 1.82) is 0 Å². The molecule has 0 radical (unpaired) electrons. The van der Waals surface area contributed by atoms with E-state index in [-0.39, 0.29) is 29.4 Å². The van der Waals surface area contributed by atoms with Crippen LogP contribution < -0.4 is 9.47 Å². The quantitative estimate of drug-likeness (QED) is 0.179. The first kappa shape index (κ1) is 26.5. The number of phenols is 1. The molecular weight excluding hydrogens is 508 g/mol. The summed E-state index contributed by atoms with van der Waals surface area (Å²) in [7, 11) is 1.41. The summed E-state index contributed by atoms with van der Waals surface area (Å²) in [4.78, 5) is 32.2. The largest absolute Gasteiger partial charge is 0.507 e. The van der Waals surface area contributed by atoms with Crippen LogP contribution in [0.1, 0.15) is 33.9 Å². The first-order chi connectivity index (χ1) is 19.4. The molecule has 2 heterocycles. The Hall–Kier alpha value is -5.11. The third-order valence-corrected chi connectivity index (χ3v) is 6.82. The molecule has 8 nitrogen and oxygen atoms in total. The summed E-state index contributed by atoms with van der Waals surface area (Å²) in [5, 5.41) is 21.6.